The van der Waals surface area contributed by atoms with Gasteiger partial charge in [0.15, 0.2) is 6.07 Å². The van der Waals surface area contributed by atoms with Crippen molar-refractivity contribution in [1.29, 1.82) is 0 Å². The molecule has 0 N–H and O–H groups in total. The minimum atomic E-state index is -3.16. The summed E-state index contributed by atoms with van der Waals surface area (Å²) in [6.45, 7) is 1.92. The molecule has 0 saturated heterocycles. The molecule has 1 saturated carbocycles. The van der Waals surface area contributed by atoms with Crippen LogP contribution in [0.3, 0.4) is 0 Å². The number of hydrogen-bond donors (Lipinski definition) is 0. The molecular weight excluding hydrogens is 339 g/mol. The summed E-state index contributed by atoms with van der Waals surface area (Å²) in [5.41, 5.74) is 0.933. The lowest BCUT2D eigenvalue weighted by molar-refractivity contribution is -0.148. The molecule has 0 aromatic heterocycles. The van der Waals surface area contributed by atoms with Crippen LogP contribution in [0.25, 0.3) is 0 Å². The Hall–Kier alpha value is -0.870. The van der Waals surface area contributed by atoms with E-state index in [0.717, 1.165) is 24.8 Å². The van der Waals surface area contributed by atoms with E-state index in [1.807, 2.05) is 30.3 Å². The zero-order valence-corrected chi connectivity index (χ0v) is 14.8. The van der Waals surface area contributed by atoms with E-state index in [-0.39, 0.29) is 37.1 Å². The summed E-state index contributed by atoms with van der Waals surface area (Å²) >= 11 is 5.43. The number of carbonyl (C=O) groups is 1. The third kappa shape index (κ3) is 5.92. The van der Waals surface area contributed by atoms with E-state index < -0.39 is 7.60 Å². The maximum atomic E-state index is 12.4. The van der Waals surface area contributed by atoms with E-state index in [9.17, 15) is 9.36 Å². The van der Waals surface area contributed by atoms with Crippen molar-refractivity contribution in [2.45, 2.75) is 25.9 Å². The number of alkyl halides is 1. The lowest BCUT2D eigenvalue weighted by Gasteiger charge is -2.20. The molecule has 1 aromatic rings. The first-order valence-corrected chi connectivity index (χ1v) is 10.2. The quantitative estimate of drug-likeness (QED) is 0.395. The molecule has 2 unspecified atom stereocenters. The zero-order valence-electron chi connectivity index (χ0n) is 13.2. The third-order valence-corrected chi connectivity index (χ3v) is 5.32. The van der Waals surface area contributed by atoms with E-state index >= 15 is 0 Å². The second kappa shape index (κ2) is 8.84. The summed E-state index contributed by atoms with van der Waals surface area (Å²) in [5.74, 6) is -0.538. The lowest BCUT2D eigenvalue weighted by Crippen LogP contribution is -2.24. The van der Waals surface area contributed by atoms with Gasteiger partial charge in [-0.25, -0.2) is 0 Å². The first-order valence-electron chi connectivity index (χ1n) is 7.65. The molecule has 1 fully saturated rings. The molecule has 2 rings (SSSR count). The highest BCUT2D eigenvalue weighted by Gasteiger charge is 2.35. The molecular formula is C16H22ClO5P. The van der Waals surface area contributed by atoms with Gasteiger partial charge in [0.25, 0.3) is 0 Å². The Balaban J connectivity index is 1.81. The zero-order chi connectivity index (χ0) is 16.7. The van der Waals surface area contributed by atoms with Crippen molar-refractivity contribution in [2.24, 2.45) is 11.8 Å². The minimum Gasteiger partial charge on any atom is -0.449 e. The average Bonchev–Trinajstić information content (AvgIpc) is 3.01. The third-order valence-electron chi connectivity index (χ3n) is 3.99. The predicted octanol–water partition coefficient (Wildman–Crippen LogP) is 4.20. The number of esters is 1. The van der Waals surface area contributed by atoms with Crippen molar-refractivity contribution in [1.82, 2.24) is 0 Å². The van der Waals surface area contributed by atoms with Gasteiger partial charge in [-0.15, -0.1) is 0 Å². The molecule has 23 heavy (non-hydrogen) atoms. The Morgan fingerprint density at radius 3 is 2.70 bits per heavy atom. The van der Waals surface area contributed by atoms with Crippen molar-refractivity contribution in [3.63, 3.8) is 0 Å². The van der Waals surface area contributed by atoms with Gasteiger partial charge >= 0.3 is 13.6 Å². The summed E-state index contributed by atoms with van der Waals surface area (Å²) in [6.07, 6.45) is 2.53. The Morgan fingerprint density at radius 2 is 2.00 bits per heavy atom. The molecule has 0 spiro atoms. The van der Waals surface area contributed by atoms with Gasteiger partial charge < -0.3 is 13.8 Å². The van der Waals surface area contributed by atoms with Gasteiger partial charge in [0.2, 0.25) is 0 Å². The van der Waals surface area contributed by atoms with Crippen molar-refractivity contribution >= 4 is 25.2 Å². The van der Waals surface area contributed by atoms with Crippen LogP contribution in [0.5, 0.6) is 0 Å². The lowest BCUT2D eigenvalue weighted by atomic mass is 9.97. The molecule has 5 nitrogen and oxygen atoms in total. The normalized spacial score (nSPS) is 23.4. The largest absolute Gasteiger partial charge is 0.449 e. The van der Waals surface area contributed by atoms with Crippen LogP contribution in [-0.4, -0.2) is 25.3 Å². The van der Waals surface area contributed by atoms with Crippen LogP contribution < -0.4 is 0 Å². The van der Waals surface area contributed by atoms with Gasteiger partial charge in [-0.3, -0.25) is 9.36 Å². The summed E-state index contributed by atoms with van der Waals surface area (Å²) in [5, 5.41) is 0. The Labute approximate surface area is 141 Å². The van der Waals surface area contributed by atoms with Crippen LogP contribution in [0, 0.1) is 11.8 Å². The van der Waals surface area contributed by atoms with Crippen LogP contribution in [0.1, 0.15) is 24.8 Å². The SMILES string of the molecule is CP(=O)(OCc1ccccc1)OC[C@@H]1CCCC1C(=O)OCCl. The van der Waals surface area contributed by atoms with Crippen LogP contribution in [-0.2, 0) is 29.8 Å². The van der Waals surface area contributed by atoms with Gasteiger partial charge in [-0.1, -0.05) is 48.4 Å². The smallest absolute Gasteiger partial charge is 0.327 e. The molecule has 0 aliphatic heterocycles. The monoisotopic (exact) mass is 360 g/mol. The van der Waals surface area contributed by atoms with Crippen LogP contribution in [0.15, 0.2) is 30.3 Å². The number of rotatable bonds is 8. The Morgan fingerprint density at radius 1 is 1.26 bits per heavy atom. The predicted molar refractivity (Wildman–Crippen MR) is 88.4 cm³/mol. The fraction of sp³-hybridized carbons (Fsp3) is 0.562. The summed E-state index contributed by atoms with van der Waals surface area (Å²) in [7, 11) is -3.16. The highest BCUT2D eigenvalue weighted by atomic mass is 35.5. The summed E-state index contributed by atoms with van der Waals surface area (Å²) in [6, 6.07) is 9.35. The second-order valence-electron chi connectivity index (χ2n) is 5.70. The molecule has 0 amide bonds. The van der Waals surface area contributed by atoms with Crippen LogP contribution in [0.4, 0.5) is 0 Å². The summed E-state index contributed by atoms with van der Waals surface area (Å²) in [4.78, 5) is 11.8. The number of benzene rings is 1. The molecule has 1 aliphatic carbocycles. The topological polar surface area (TPSA) is 61.8 Å². The fourth-order valence-corrected chi connectivity index (χ4v) is 3.77. The maximum absolute atomic E-state index is 12.4. The molecule has 1 aliphatic rings. The first-order chi connectivity index (χ1) is 11.0. The van der Waals surface area contributed by atoms with Crippen molar-refractivity contribution in [3.8, 4) is 0 Å². The van der Waals surface area contributed by atoms with E-state index in [1.165, 1.54) is 6.66 Å². The Bertz CT molecular complexity index is 551. The highest BCUT2D eigenvalue weighted by Crippen LogP contribution is 2.46. The molecule has 0 bridgehead atoms. The average molecular weight is 361 g/mol. The van der Waals surface area contributed by atoms with E-state index in [0.29, 0.717) is 0 Å². The van der Waals surface area contributed by atoms with E-state index in [2.05, 4.69) is 0 Å². The molecule has 128 valence electrons. The molecule has 1 aromatic carbocycles. The van der Waals surface area contributed by atoms with E-state index in [1.54, 1.807) is 0 Å². The number of ether oxygens (including phenoxy) is 1. The number of carbonyl (C=O) groups excluding carboxylic acids is 1. The van der Waals surface area contributed by atoms with Crippen LogP contribution >= 0.6 is 19.2 Å². The molecule has 7 heteroatoms. The van der Waals surface area contributed by atoms with Gasteiger partial charge in [0.1, 0.15) is 0 Å². The van der Waals surface area contributed by atoms with Gasteiger partial charge in [0, 0.05) is 6.66 Å². The first kappa shape index (κ1) is 18.5. The van der Waals surface area contributed by atoms with Crippen LogP contribution in [0.2, 0.25) is 0 Å². The fourth-order valence-electron chi connectivity index (χ4n) is 2.74. The number of hydrogen-bond acceptors (Lipinski definition) is 5. The molecule has 0 radical (unpaired) electrons. The summed E-state index contributed by atoms with van der Waals surface area (Å²) < 4.78 is 28.1. The molecule has 0 heterocycles. The highest BCUT2D eigenvalue weighted by molar-refractivity contribution is 7.52. The van der Waals surface area contributed by atoms with Crippen molar-refractivity contribution in [3.05, 3.63) is 35.9 Å². The Kier molecular flexibility index (Phi) is 7.09. The molecule has 3 atom stereocenters. The van der Waals surface area contributed by atoms with Crippen molar-refractivity contribution in [2.75, 3.05) is 19.3 Å². The van der Waals surface area contributed by atoms with Gasteiger partial charge in [-0.2, -0.15) is 0 Å². The second-order valence-corrected chi connectivity index (χ2v) is 7.97. The minimum absolute atomic E-state index is 0.000632. The van der Waals surface area contributed by atoms with Gasteiger partial charge in [-0.05, 0) is 24.3 Å². The van der Waals surface area contributed by atoms with Gasteiger partial charge in [0.05, 0.1) is 19.1 Å². The van der Waals surface area contributed by atoms with E-state index in [4.69, 9.17) is 25.4 Å². The van der Waals surface area contributed by atoms with Crippen molar-refractivity contribution < 1.29 is 23.1 Å². The number of halogens is 1. The maximum Gasteiger partial charge on any atom is 0.327 e. The standard InChI is InChI=1S/C16H22ClO5P/c1-23(19,21-10-13-6-3-2-4-7-13)22-11-14-8-5-9-15(14)16(18)20-12-17/h2-4,6-7,14-15H,5,8-12H2,1H3/t14-,15?,23?/m0/s1.